The summed E-state index contributed by atoms with van der Waals surface area (Å²) in [6.07, 6.45) is 2.74. The third kappa shape index (κ3) is 4.38. The Morgan fingerprint density at radius 3 is 2.36 bits per heavy atom. The van der Waals surface area contributed by atoms with Crippen molar-refractivity contribution < 1.29 is 4.74 Å². The molecule has 68 valence electrons. The molecule has 0 heterocycles. The number of nitrogens with one attached hydrogen (secondary N) is 1. The summed E-state index contributed by atoms with van der Waals surface area (Å²) in [5.74, 6) is 0. The van der Waals surface area contributed by atoms with Gasteiger partial charge in [0.1, 0.15) is 0 Å². The molecule has 0 aliphatic heterocycles. The summed E-state index contributed by atoms with van der Waals surface area (Å²) in [6.45, 7) is 7.47. The molecule has 2 heteroatoms. The molecule has 2 nitrogen and oxygen atoms in total. The van der Waals surface area contributed by atoms with Crippen molar-refractivity contribution in [3.8, 4) is 0 Å². The van der Waals surface area contributed by atoms with E-state index < -0.39 is 0 Å². The van der Waals surface area contributed by atoms with Crippen molar-refractivity contribution in [1.29, 1.82) is 0 Å². The van der Waals surface area contributed by atoms with Gasteiger partial charge in [-0.25, -0.2) is 0 Å². The van der Waals surface area contributed by atoms with Crippen molar-refractivity contribution in [2.24, 2.45) is 0 Å². The van der Waals surface area contributed by atoms with E-state index in [1.54, 1.807) is 7.11 Å². The van der Waals surface area contributed by atoms with E-state index in [1.807, 2.05) is 0 Å². The molecule has 0 amide bonds. The molecule has 0 radical (unpaired) electrons. The zero-order valence-corrected chi connectivity index (χ0v) is 8.18. The molecule has 0 saturated heterocycles. The quantitative estimate of drug-likeness (QED) is 0.638. The van der Waals surface area contributed by atoms with Crippen LogP contribution in [0.25, 0.3) is 0 Å². The molecule has 0 aromatic rings. The second-order valence-electron chi connectivity index (χ2n) is 2.89. The minimum absolute atomic E-state index is 0.329. The fourth-order valence-electron chi connectivity index (χ4n) is 1.24. The summed E-state index contributed by atoms with van der Waals surface area (Å²) >= 11 is 0. The van der Waals surface area contributed by atoms with E-state index in [9.17, 15) is 0 Å². The minimum Gasteiger partial charge on any atom is -0.380 e. The van der Waals surface area contributed by atoms with Crippen LogP contribution in [0, 0.1) is 0 Å². The van der Waals surface area contributed by atoms with Gasteiger partial charge in [-0.1, -0.05) is 20.3 Å². The van der Waals surface area contributed by atoms with Gasteiger partial charge in [-0.15, -0.1) is 0 Å². The van der Waals surface area contributed by atoms with Crippen molar-refractivity contribution in [3.05, 3.63) is 0 Å². The van der Waals surface area contributed by atoms with Crippen molar-refractivity contribution >= 4 is 0 Å². The van der Waals surface area contributed by atoms with Crippen LogP contribution in [-0.2, 0) is 4.74 Å². The fourth-order valence-corrected chi connectivity index (χ4v) is 1.24. The van der Waals surface area contributed by atoms with E-state index >= 15 is 0 Å². The Kier molecular flexibility index (Phi) is 6.57. The highest BCUT2D eigenvalue weighted by Crippen LogP contribution is 2.04. The zero-order valence-electron chi connectivity index (χ0n) is 8.18. The molecule has 0 aromatic carbocycles. The summed E-state index contributed by atoms with van der Waals surface area (Å²) in [5, 5.41) is 3.41. The molecule has 0 aromatic heterocycles. The van der Waals surface area contributed by atoms with Crippen LogP contribution in [0.5, 0.6) is 0 Å². The lowest BCUT2D eigenvalue weighted by Gasteiger charge is -2.22. The largest absolute Gasteiger partial charge is 0.380 e. The topological polar surface area (TPSA) is 21.3 Å². The first kappa shape index (κ1) is 10.9. The lowest BCUT2D eigenvalue weighted by atomic mass is 10.1. The van der Waals surface area contributed by atoms with E-state index in [0.717, 1.165) is 6.54 Å². The van der Waals surface area contributed by atoms with Gasteiger partial charge in [0.15, 0.2) is 0 Å². The summed E-state index contributed by atoms with van der Waals surface area (Å²) in [4.78, 5) is 0. The molecule has 0 spiro atoms. The maximum atomic E-state index is 5.25. The monoisotopic (exact) mass is 159 g/mol. The molecule has 0 bridgehead atoms. The Hall–Kier alpha value is -0.0800. The van der Waals surface area contributed by atoms with E-state index in [1.165, 1.54) is 12.8 Å². The van der Waals surface area contributed by atoms with Crippen LogP contribution in [0.4, 0.5) is 0 Å². The predicted octanol–water partition coefficient (Wildman–Crippen LogP) is 1.80. The highest BCUT2D eigenvalue weighted by atomic mass is 16.5. The van der Waals surface area contributed by atoms with Gasteiger partial charge in [0.2, 0.25) is 0 Å². The van der Waals surface area contributed by atoms with Crippen LogP contribution >= 0.6 is 0 Å². The Labute approximate surface area is 70.3 Å². The van der Waals surface area contributed by atoms with Gasteiger partial charge >= 0.3 is 0 Å². The van der Waals surface area contributed by atoms with Crippen LogP contribution in [0.3, 0.4) is 0 Å². The Balaban J connectivity index is 3.66. The van der Waals surface area contributed by atoms with E-state index in [0.29, 0.717) is 12.1 Å². The van der Waals surface area contributed by atoms with Crippen molar-refractivity contribution in [2.45, 2.75) is 45.8 Å². The summed E-state index contributed by atoms with van der Waals surface area (Å²) in [5.41, 5.74) is 0. The van der Waals surface area contributed by atoms with Crippen LogP contribution in [-0.4, -0.2) is 25.8 Å². The van der Waals surface area contributed by atoms with Crippen molar-refractivity contribution in [2.75, 3.05) is 13.7 Å². The van der Waals surface area contributed by atoms with E-state index in [2.05, 4.69) is 26.1 Å². The van der Waals surface area contributed by atoms with Crippen molar-refractivity contribution in [3.63, 3.8) is 0 Å². The first-order chi connectivity index (χ1) is 5.26. The summed E-state index contributed by atoms with van der Waals surface area (Å²) in [6, 6.07) is 0.523. The van der Waals surface area contributed by atoms with Gasteiger partial charge in [-0.05, 0) is 19.9 Å². The predicted molar refractivity (Wildman–Crippen MR) is 48.8 cm³/mol. The first-order valence-corrected chi connectivity index (χ1v) is 4.52. The van der Waals surface area contributed by atoms with Gasteiger partial charge in [0.25, 0.3) is 0 Å². The van der Waals surface area contributed by atoms with Gasteiger partial charge in [-0.3, -0.25) is 0 Å². The van der Waals surface area contributed by atoms with Gasteiger partial charge in [-0.2, -0.15) is 0 Å². The number of methoxy groups -OCH3 is 1. The Morgan fingerprint density at radius 2 is 2.00 bits per heavy atom. The minimum atomic E-state index is 0.329. The van der Waals surface area contributed by atoms with Crippen LogP contribution in [0.2, 0.25) is 0 Å². The Bertz CT molecular complexity index is 79.6. The SMILES string of the molecule is CCCC(NCC)C(C)OC. The molecule has 1 N–H and O–H groups in total. The number of rotatable bonds is 6. The van der Waals surface area contributed by atoms with Crippen LogP contribution < -0.4 is 5.32 Å². The maximum Gasteiger partial charge on any atom is 0.0696 e. The molecular weight excluding hydrogens is 138 g/mol. The molecule has 0 aliphatic rings. The highest BCUT2D eigenvalue weighted by molar-refractivity contribution is 4.71. The Morgan fingerprint density at radius 1 is 1.36 bits per heavy atom. The van der Waals surface area contributed by atoms with E-state index in [4.69, 9.17) is 4.74 Å². The van der Waals surface area contributed by atoms with Crippen molar-refractivity contribution in [1.82, 2.24) is 5.32 Å². The lowest BCUT2D eigenvalue weighted by molar-refractivity contribution is 0.0804. The average Bonchev–Trinajstić information content (AvgIpc) is 2.03. The smallest absolute Gasteiger partial charge is 0.0696 e. The van der Waals surface area contributed by atoms with Gasteiger partial charge in [0.05, 0.1) is 6.10 Å². The first-order valence-electron chi connectivity index (χ1n) is 4.52. The number of ether oxygens (including phenoxy) is 1. The standard InChI is InChI=1S/C9H21NO/c1-5-7-9(10-6-2)8(3)11-4/h8-10H,5-7H2,1-4H3. The average molecular weight is 159 g/mol. The molecule has 11 heavy (non-hydrogen) atoms. The number of likely N-dealkylation sites (N-methyl/N-ethyl adjacent to an activating group) is 1. The van der Waals surface area contributed by atoms with Crippen LogP contribution in [0.1, 0.15) is 33.6 Å². The number of hydrogen-bond donors (Lipinski definition) is 1. The van der Waals surface area contributed by atoms with E-state index in [-0.39, 0.29) is 0 Å². The fraction of sp³-hybridized carbons (Fsp3) is 1.00. The third-order valence-electron chi connectivity index (χ3n) is 2.00. The second kappa shape index (κ2) is 6.62. The highest BCUT2D eigenvalue weighted by Gasteiger charge is 2.13. The molecule has 0 saturated carbocycles. The summed E-state index contributed by atoms with van der Waals surface area (Å²) < 4.78 is 5.25. The molecule has 2 unspecified atom stereocenters. The normalized spacial score (nSPS) is 16.4. The lowest BCUT2D eigenvalue weighted by Crippen LogP contribution is -2.39. The summed E-state index contributed by atoms with van der Waals surface area (Å²) in [7, 11) is 1.77. The molecule has 2 atom stereocenters. The maximum absolute atomic E-state index is 5.25. The zero-order chi connectivity index (χ0) is 8.69. The molecule has 0 fully saturated rings. The third-order valence-corrected chi connectivity index (χ3v) is 2.00. The van der Waals surface area contributed by atoms with Gasteiger partial charge < -0.3 is 10.1 Å². The second-order valence-corrected chi connectivity index (χ2v) is 2.89. The van der Waals surface area contributed by atoms with Gasteiger partial charge in [0, 0.05) is 13.2 Å². The molecule has 0 aliphatic carbocycles. The van der Waals surface area contributed by atoms with Crippen LogP contribution in [0.15, 0.2) is 0 Å². The molecular formula is C9H21NO. The number of hydrogen-bond acceptors (Lipinski definition) is 2. The molecule has 0 rings (SSSR count).